The first-order chi connectivity index (χ1) is 17.3. The zero-order chi connectivity index (χ0) is 25.7. The van der Waals surface area contributed by atoms with Crippen molar-refractivity contribution in [3.8, 4) is 5.75 Å². The van der Waals surface area contributed by atoms with Crippen molar-refractivity contribution in [2.24, 2.45) is 0 Å². The maximum Gasteiger partial charge on any atom is 0.264 e. The number of halogens is 4. The molecule has 1 heterocycles. The first-order valence-corrected chi connectivity index (χ1v) is 13.4. The van der Waals surface area contributed by atoms with Crippen LogP contribution in [0.1, 0.15) is 24.9 Å². The normalized spacial score (nSPS) is 12.0. The summed E-state index contributed by atoms with van der Waals surface area (Å²) in [7, 11) is -4.22. The van der Waals surface area contributed by atoms with Crippen molar-refractivity contribution in [3.63, 3.8) is 0 Å². The van der Waals surface area contributed by atoms with Gasteiger partial charge in [-0.25, -0.2) is 17.8 Å². The van der Waals surface area contributed by atoms with Crippen LogP contribution in [0.5, 0.6) is 5.75 Å². The number of imidazole rings is 1. The van der Waals surface area contributed by atoms with E-state index < -0.39 is 21.9 Å². The summed E-state index contributed by atoms with van der Waals surface area (Å²) in [6, 6.07) is 15.8. The molecule has 0 unspecified atom stereocenters. The lowest BCUT2D eigenvalue weighted by Gasteiger charge is -2.32. The quantitative estimate of drug-likeness (QED) is 0.185. The van der Waals surface area contributed by atoms with E-state index in [1.807, 2.05) is 10.8 Å². The molecule has 0 spiro atoms. The standard InChI is InChI=1S/C26H24Cl2FN3O3S.ClH/c1-19(23-5-2-3-6-26(23)35-16-4-14-31-15-13-30-18-31)32(25-17-21(28)9-12-24(25)29)36(33,34)22-10-7-20(27)8-11-22;/h2-3,5-13,15,17-19H,4,14,16H2,1H3;1H/t19-;/m1./s1. The first-order valence-electron chi connectivity index (χ1n) is 11.2. The number of ether oxygens (including phenoxy) is 1. The van der Waals surface area contributed by atoms with Gasteiger partial charge in [0.25, 0.3) is 10.0 Å². The van der Waals surface area contributed by atoms with Gasteiger partial charge in [-0.3, -0.25) is 4.31 Å². The summed E-state index contributed by atoms with van der Waals surface area (Å²) in [4.78, 5) is 3.99. The number of hydrogen-bond donors (Lipinski definition) is 0. The number of aromatic nitrogens is 2. The predicted octanol–water partition coefficient (Wildman–Crippen LogP) is 7.18. The number of para-hydroxylation sites is 1. The van der Waals surface area contributed by atoms with E-state index in [1.165, 1.54) is 36.4 Å². The number of rotatable bonds is 10. The van der Waals surface area contributed by atoms with Gasteiger partial charge in [0.2, 0.25) is 0 Å². The predicted molar refractivity (Wildman–Crippen MR) is 147 cm³/mol. The molecular weight excluding hydrogens is 560 g/mol. The second-order valence-electron chi connectivity index (χ2n) is 8.07. The molecule has 6 nitrogen and oxygen atoms in total. The molecule has 0 aliphatic heterocycles. The van der Waals surface area contributed by atoms with Crippen molar-refractivity contribution in [1.29, 1.82) is 0 Å². The molecule has 0 saturated carbocycles. The Balaban J connectivity index is 0.00000380. The summed E-state index contributed by atoms with van der Waals surface area (Å²) in [5.41, 5.74) is 0.414. The lowest BCUT2D eigenvalue weighted by Crippen LogP contribution is -2.34. The second kappa shape index (κ2) is 12.6. The fourth-order valence-corrected chi connectivity index (χ4v) is 5.78. The molecule has 1 atom stereocenters. The summed E-state index contributed by atoms with van der Waals surface area (Å²) in [5, 5.41) is 0.593. The molecule has 0 fully saturated rings. The molecular formula is C26H25Cl3FN3O3S. The van der Waals surface area contributed by atoms with E-state index >= 15 is 4.39 Å². The first kappa shape index (κ1) is 28.8. The molecule has 37 heavy (non-hydrogen) atoms. The van der Waals surface area contributed by atoms with Crippen LogP contribution in [0.2, 0.25) is 10.0 Å². The summed E-state index contributed by atoms with van der Waals surface area (Å²) in [6.07, 6.45) is 6.03. The van der Waals surface area contributed by atoms with Crippen molar-refractivity contribution in [2.75, 3.05) is 10.9 Å². The van der Waals surface area contributed by atoms with Gasteiger partial charge in [-0.15, -0.1) is 12.4 Å². The minimum Gasteiger partial charge on any atom is -0.493 e. The van der Waals surface area contributed by atoms with Crippen molar-refractivity contribution < 1.29 is 17.5 Å². The van der Waals surface area contributed by atoms with Crippen LogP contribution in [-0.2, 0) is 16.6 Å². The zero-order valence-corrected chi connectivity index (χ0v) is 22.9. The minimum atomic E-state index is -4.22. The molecule has 0 saturated heterocycles. The molecule has 3 aromatic carbocycles. The van der Waals surface area contributed by atoms with Crippen LogP contribution in [0.15, 0.2) is 90.3 Å². The summed E-state index contributed by atoms with van der Waals surface area (Å²) >= 11 is 12.1. The van der Waals surface area contributed by atoms with Crippen molar-refractivity contribution in [2.45, 2.75) is 30.8 Å². The van der Waals surface area contributed by atoms with Gasteiger partial charge in [0.15, 0.2) is 0 Å². The van der Waals surface area contributed by atoms with E-state index in [2.05, 4.69) is 4.98 Å². The van der Waals surface area contributed by atoms with Crippen molar-refractivity contribution in [3.05, 3.63) is 107 Å². The third-order valence-corrected chi connectivity index (χ3v) is 8.00. The number of hydrogen-bond acceptors (Lipinski definition) is 4. The van der Waals surface area contributed by atoms with Gasteiger partial charge in [-0.05, 0) is 61.9 Å². The Hall–Kier alpha value is -2.78. The molecule has 0 aliphatic rings. The summed E-state index contributed by atoms with van der Waals surface area (Å²) in [6.45, 7) is 2.81. The molecule has 0 aliphatic carbocycles. The third-order valence-electron chi connectivity index (χ3n) is 5.61. The molecule has 0 bridgehead atoms. The lowest BCUT2D eigenvalue weighted by molar-refractivity contribution is 0.297. The molecule has 1 aromatic heterocycles. The summed E-state index contributed by atoms with van der Waals surface area (Å²) in [5.74, 6) is -0.211. The van der Waals surface area contributed by atoms with Gasteiger partial charge in [0.05, 0.1) is 29.6 Å². The maximum absolute atomic E-state index is 15.1. The van der Waals surface area contributed by atoms with Gasteiger partial charge >= 0.3 is 0 Å². The van der Waals surface area contributed by atoms with Crippen molar-refractivity contribution in [1.82, 2.24) is 9.55 Å². The van der Waals surface area contributed by atoms with Gasteiger partial charge < -0.3 is 9.30 Å². The highest BCUT2D eigenvalue weighted by atomic mass is 35.5. The SMILES string of the molecule is C[C@H](c1ccccc1OCCCn1ccnc1)N(c1cc(Cl)ccc1F)S(=O)(=O)c1ccc(Cl)cc1.Cl. The van der Waals surface area contributed by atoms with E-state index in [0.29, 0.717) is 22.9 Å². The Morgan fingerprint density at radius 2 is 1.76 bits per heavy atom. The van der Waals surface area contributed by atoms with E-state index in [1.54, 1.807) is 43.7 Å². The monoisotopic (exact) mass is 583 g/mol. The smallest absolute Gasteiger partial charge is 0.264 e. The average molecular weight is 585 g/mol. The van der Waals surface area contributed by atoms with E-state index in [0.717, 1.165) is 23.3 Å². The molecule has 196 valence electrons. The molecule has 0 radical (unpaired) electrons. The molecule has 0 amide bonds. The summed E-state index contributed by atoms with van der Waals surface area (Å²) < 4.78 is 51.8. The Labute approximate surface area is 232 Å². The van der Waals surface area contributed by atoms with Crippen LogP contribution in [0, 0.1) is 5.82 Å². The Bertz CT molecular complexity index is 1420. The van der Waals surface area contributed by atoms with Crippen LogP contribution in [0.4, 0.5) is 10.1 Å². The number of aryl methyl sites for hydroxylation is 1. The molecule has 4 aromatic rings. The fraction of sp³-hybridized carbons (Fsp3) is 0.192. The topological polar surface area (TPSA) is 64.4 Å². The second-order valence-corrected chi connectivity index (χ2v) is 10.8. The molecule has 11 heteroatoms. The van der Waals surface area contributed by atoms with Crippen LogP contribution in [-0.4, -0.2) is 24.6 Å². The number of nitrogens with zero attached hydrogens (tertiary/aromatic N) is 3. The highest BCUT2D eigenvalue weighted by Gasteiger charge is 2.33. The maximum atomic E-state index is 15.1. The van der Waals surface area contributed by atoms with Gasteiger partial charge in [0.1, 0.15) is 11.6 Å². The van der Waals surface area contributed by atoms with Gasteiger partial charge in [-0.1, -0.05) is 41.4 Å². The Morgan fingerprint density at radius 1 is 1.05 bits per heavy atom. The highest BCUT2D eigenvalue weighted by molar-refractivity contribution is 7.92. The Morgan fingerprint density at radius 3 is 2.46 bits per heavy atom. The van der Waals surface area contributed by atoms with E-state index in [4.69, 9.17) is 27.9 Å². The van der Waals surface area contributed by atoms with E-state index in [9.17, 15) is 8.42 Å². The minimum absolute atomic E-state index is 0. The number of benzene rings is 3. The fourth-order valence-electron chi connectivity index (χ4n) is 3.85. The third kappa shape index (κ3) is 6.76. The molecule has 4 rings (SSSR count). The lowest BCUT2D eigenvalue weighted by atomic mass is 10.1. The number of anilines is 1. The van der Waals surface area contributed by atoms with Crippen LogP contribution in [0.3, 0.4) is 0 Å². The van der Waals surface area contributed by atoms with Crippen molar-refractivity contribution >= 4 is 51.3 Å². The number of sulfonamides is 1. The van der Waals surface area contributed by atoms with Gasteiger partial charge in [0, 0.05) is 34.5 Å². The Kier molecular flexibility index (Phi) is 9.84. The van der Waals surface area contributed by atoms with Gasteiger partial charge in [-0.2, -0.15) is 0 Å². The largest absolute Gasteiger partial charge is 0.493 e. The highest BCUT2D eigenvalue weighted by Crippen LogP contribution is 2.39. The molecule has 0 N–H and O–H groups in total. The van der Waals surface area contributed by atoms with E-state index in [-0.39, 0.29) is 28.0 Å². The van der Waals surface area contributed by atoms with Crippen LogP contribution < -0.4 is 9.04 Å². The van der Waals surface area contributed by atoms with Crippen LogP contribution >= 0.6 is 35.6 Å². The van der Waals surface area contributed by atoms with Crippen LogP contribution in [0.25, 0.3) is 0 Å². The zero-order valence-electron chi connectivity index (χ0n) is 19.8. The average Bonchev–Trinajstić information content (AvgIpc) is 3.38.